The standard InChI is InChI=1S/C19H22O3/c1-5-19(20)22-18-8-6-7-14(3)17(18)12-21-16-10-9-13(2)15(4)11-16/h6-11H,5,12H2,1-4H3. The highest BCUT2D eigenvalue weighted by molar-refractivity contribution is 5.72. The molecule has 0 spiro atoms. The average Bonchev–Trinajstić information content (AvgIpc) is 2.50. The summed E-state index contributed by atoms with van der Waals surface area (Å²) in [6.07, 6.45) is 0.353. The van der Waals surface area contributed by atoms with Crippen molar-refractivity contribution in [1.82, 2.24) is 0 Å². The van der Waals surface area contributed by atoms with Gasteiger partial charge in [0.05, 0.1) is 0 Å². The molecule has 2 aromatic carbocycles. The lowest BCUT2D eigenvalue weighted by Crippen LogP contribution is -2.09. The van der Waals surface area contributed by atoms with E-state index in [1.165, 1.54) is 11.1 Å². The second-order valence-corrected chi connectivity index (χ2v) is 5.41. The SMILES string of the molecule is CCC(=O)Oc1cccc(C)c1COc1ccc(C)c(C)c1. The molecule has 0 aliphatic heterocycles. The van der Waals surface area contributed by atoms with Crippen LogP contribution < -0.4 is 9.47 Å². The van der Waals surface area contributed by atoms with Crippen molar-refractivity contribution in [2.75, 3.05) is 0 Å². The van der Waals surface area contributed by atoms with Crippen LogP contribution in [-0.4, -0.2) is 5.97 Å². The first-order chi connectivity index (χ1) is 10.5. The van der Waals surface area contributed by atoms with E-state index in [1.54, 1.807) is 13.0 Å². The van der Waals surface area contributed by atoms with Gasteiger partial charge in [-0.25, -0.2) is 0 Å². The van der Waals surface area contributed by atoms with E-state index in [-0.39, 0.29) is 5.97 Å². The molecule has 0 aliphatic rings. The summed E-state index contributed by atoms with van der Waals surface area (Å²) in [6.45, 7) is 8.28. The lowest BCUT2D eigenvalue weighted by atomic mass is 10.1. The molecule has 0 N–H and O–H groups in total. The lowest BCUT2D eigenvalue weighted by molar-refractivity contribution is -0.134. The summed E-state index contributed by atoms with van der Waals surface area (Å²) in [4.78, 5) is 11.5. The van der Waals surface area contributed by atoms with E-state index in [2.05, 4.69) is 13.8 Å². The Morgan fingerprint density at radius 1 is 1.00 bits per heavy atom. The lowest BCUT2D eigenvalue weighted by Gasteiger charge is -2.14. The number of rotatable bonds is 5. The molecular formula is C19H22O3. The van der Waals surface area contributed by atoms with Gasteiger partial charge in [0, 0.05) is 12.0 Å². The Kier molecular flexibility index (Phi) is 5.21. The van der Waals surface area contributed by atoms with Crippen LogP contribution in [-0.2, 0) is 11.4 Å². The van der Waals surface area contributed by atoms with Gasteiger partial charge in [-0.3, -0.25) is 4.79 Å². The Morgan fingerprint density at radius 2 is 1.77 bits per heavy atom. The molecular weight excluding hydrogens is 276 g/mol. The van der Waals surface area contributed by atoms with Gasteiger partial charge in [0.25, 0.3) is 0 Å². The molecule has 0 atom stereocenters. The van der Waals surface area contributed by atoms with E-state index in [9.17, 15) is 4.79 Å². The highest BCUT2D eigenvalue weighted by Crippen LogP contribution is 2.25. The summed E-state index contributed by atoms with van der Waals surface area (Å²) in [5, 5.41) is 0. The minimum Gasteiger partial charge on any atom is -0.489 e. The number of hydrogen-bond acceptors (Lipinski definition) is 3. The van der Waals surface area contributed by atoms with Crippen molar-refractivity contribution in [3.63, 3.8) is 0 Å². The third-order valence-electron chi connectivity index (χ3n) is 3.74. The Hall–Kier alpha value is -2.29. The van der Waals surface area contributed by atoms with Crippen LogP contribution >= 0.6 is 0 Å². The summed E-state index contributed by atoms with van der Waals surface area (Å²) in [5.41, 5.74) is 4.38. The zero-order chi connectivity index (χ0) is 16.1. The molecule has 0 saturated heterocycles. The predicted octanol–water partition coefficient (Wildman–Crippen LogP) is 4.51. The Morgan fingerprint density at radius 3 is 2.45 bits per heavy atom. The molecule has 0 aromatic heterocycles. The van der Waals surface area contributed by atoms with E-state index in [0.29, 0.717) is 18.8 Å². The molecule has 3 nitrogen and oxygen atoms in total. The van der Waals surface area contributed by atoms with E-state index in [0.717, 1.165) is 16.9 Å². The average molecular weight is 298 g/mol. The summed E-state index contributed by atoms with van der Waals surface area (Å²) in [5.74, 6) is 1.16. The third-order valence-corrected chi connectivity index (χ3v) is 3.74. The number of carbonyl (C=O) groups excluding carboxylic acids is 1. The van der Waals surface area contributed by atoms with Crippen LogP contribution in [0.4, 0.5) is 0 Å². The summed E-state index contributed by atoms with van der Waals surface area (Å²) >= 11 is 0. The van der Waals surface area contributed by atoms with Gasteiger partial charge in [0.2, 0.25) is 0 Å². The first-order valence-electron chi connectivity index (χ1n) is 7.50. The van der Waals surface area contributed by atoms with Crippen molar-refractivity contribution in [3.05, 3.63) is 58.7 Å². The molecule has 22 heavy (non-hydrogen) atoms. The smallest absolute Gasteiger partial charge is 0.310 e. The largest absolute Gasteiger partial charge is 0.489 e. The topological polar surface area (TPSA) is 35.5 Å². The summed E-state index contributed by atoms with van der Waals surface area (Å²) < 4.78 is 11.3. The molecule has 2 rings (SSSR count). The number of benzene rings is 2. The van der Waals surface area contributed by atoms with E-state index in [1.807, 2.05) is 37.3 Å². The number of esters is 1. The number of ether oxygens (including phenoxy) is 2. The predicted molar refractivity (Wildman–Crippen MR) is 87.4 cm³/mol. The van der Waals surface area contributed by atoms with Crippen LogP contribution in [0.2, 0.25) is 0 Å². The van der Waals surface area contributed by atoms with Gasteiger partial charge in [0.1, 0.15) is 18.1 Å². The molecule has 3 heteroatoms. The monoisotopic (exact) mass is 298 g/mol. The maximum atomic E-state index is 11.5. The van der Waals surface area contributed by atoms with Crippen molar-refractivity contribution in [1.29, 1.82) is 0 Å². The Bertz CT molecular complexity index is 674. The molecule has 0 bridgehead atoms. The van der Waals surface area contributed by atoms with Crippen LogP contribution in [0.1, 0.15) is 35.6 Å². The molecule has 0 aliphatic carbocycles. The fraction of sp³-hybridized carbons (Fsp3) is 0.316. The first kappa shape index (κ1) is 16.1. The third kappa shape index (κ3) is 3.88. The number of hydrogen-bond donors (Lipinski definition) is 0. The maximum absolute atomic E-state index is 11.5. The molecule has 0 saturated carbocycles. The summed E-state index contributed by atoms with van der Waals surface area (Å²) in [6, 6.07) is 11.7. The van der Waals surface area contributed by atoms with Gasteiger partial charge < -0.3 is 9.47 Å². The highest BCUT2D eigenvalue weighted by atomic mass is 16.5. The normalized spacial score (nSPS) is 10.4. The zero-order valence-corrected chi connectivity index (χ0v) is 13.6. The molecule has 0 heterocycles. The zero-order valence-electron chi connectivity index (χ0n) is 13.6. The maximum Gasteiger partial charge on any atom is 0.310 e. The molecule has 0 radical (unpaired) electrons. The molecule has 0 unspecified atom stereocenters. The van der Waals surface area contributed by atoms with Crippen LogP contribution in [0.25, 0.3) is 0 Å². The number of aryl methyl sites for hydroxylation is 3. The van der Waals surface area contributed by atoms with Crippen molar-refractivity contribution < 1.29 is 14.3 Å². The molecule has 0 amide bonds. The van der Waals surface area contributed by atoms with Crippen LogP contribution in [0, 0.1) is 20.8 Å². The van der Waals surface area contributed by atoms with Crippen LogP contribution in [0.5, 0.6) is 11.5 Å². The molecule has 0 fully saturated rings. The second kappa shape index (κ2) is 7.12. The van der Waals surface area contributed by atoms with E-state index >= 15 is 0 Å². The van der Waals surface area contributed by atoms with Gasteiger partial charge in [-0.1, -0.05) is 25.1 Å². The number of carbonyl (C=O) groups is 1. The van der Waals surface area contributed by atoms with Crippen molar-refractivity contribution in [2.24, 2.45) is 0 Å². The van der Waals surface area contributed by atoms with Gasteiger partial charge in [-0.15, -0.1) is 0 Å². The van der Waals surface area contributed by atoms with Crippen molar-refractivity contribution in [3.8, 4) is 11.5 Å². The van der Waals surface area contributed by atoms with Crippen molar-refractivity contribution >= 4 is 5.97 Å². The quantitative estimate of drug-likeness (QED) is 0.602. The molecule has 116 valence electrons. The van der Waals surface area contributed by atoms with Gasteiger partial charge >= 0.3 is 5.97 Å². The molecule has 2 aromatic rings. The second-order valence-electron chi connectivity index (χ2n) is 5.41. The van der Waals surface area contributed by atoms with E-state index < -0.39 is 0 Å². The van der Waals surface area contributed by atoms with Crippen LogP contribution in [0.15, 0.2) is 36.4 Å². The van der Waals surface area contributed by atoms with Gasteiger partial charge in [0.15, 0.2) is 0 Å². The fourth-order valence-electron chi connectivity index (χ4n) is 2.11. The Labute approximate surface area is 131 Å². The van der Waals surface area contributed by atoms with Crippen LogP contribution in [0.3, 0.4) is 0 Å². The minimum absolute atomic E-state index is 0.238. The van der Waals surface area contributed by atoms with Crippen molar-refractivity contribution in [2.45, 2.75) is 40.7 Å². The minimum atomic E-state index is -0.238. The Balaban J connectivity index is 2.17. The first-order valence-corrected chi connectivity index (χ1v) is 7.50. The van der Waals surface area contributed by atoms with Gasteiger partial charge in [-0.2, -0.15) is 0 Å². The fourth-order valence-corrected chi connectivity index (χ4v) is 2.11. The van der Waals surface area contributed by atoms with Gasteiger partial charge in [-0.05, 0) is 55.7 Å². The highest BCUT2D eigenvalue weighted by Gasteiger charge is 2.11. The summed E-state index contributed by atoms with van der Waals surface area (Å²) in [7, 11) is 0. The van der Waals surface area contributed by atoms with E-state index in [4.69, 9.17) is 9.47 Å².